The first-order chi connectivity index (χ1) is 8.61. The third-order valence-electron chi connectivity index (χ3n) is 3.18. The Labute approximate surface area is 105 Å². The van der Waals surface area contributed by atoms with Crippen molar-refractivity contribution in [3.05, 3.63) is 18.0 Å². The van der Waals surface area contributed by atoms with Crippen LogP contribution in [0.25, 0.3) is 0 Å². The molecular formula is C11H17N5O2. The molecule has 1 aromatic rings. The van der Waals surface area contributed by atoms with Crippen LogP contribution in [0, 0.1) is 5.92 Å². The van der Waals surface area contributed by atoms with Crippen LogP contribution in [0.4, 0.5) is 0 Å². The van der Waals surface area contributed by atoms with Gasteiger partial charge in [-0.1, -0.05) is 5.16 Å². The summed E-state index contributed by atoms with van der Waals surface area (Å²) in [6.45, 7) is 1.16. The number of nitrogens with zero attached hydrogens (tertiary/aromatic N) is 4. The topological polar surface area (TPSA) is 96.7 Å². The molecule has 0 radical (unpaired) electrons. The molecule has 3 N–H and O–H groups in total. The SMILES string of the molecule is Cn1ccc(C(=O)N2CCCC(/C(N)=N/O)C2)n1. The van der Waals surface area contributed by atoms with Gasteiger partial charge < -0.3 is 15.8 Å². The Morgan fingerprint density at radius 1 is 1.67 bits per heavy atom. The van der Waals surface area contributed by atoms with Crippen LogP contribution < -0.4 is 5.73 Å². The zero-order valence-electron chi connectivity index (χ0n) is 10.3. The summed E-state index contributed by atoms with van der Waals surface area (Å²) in [6, 6.07) is 1.69. The zero-order chi connectivity index (χ0) is 13.1. The second-order valence-corrected chi connectivity index (χ2v) is 4.49. The van der Waals surface area contributed by atoms with Crippen LogP contribution >= 0.6 is 0 Å². The predicted octanol–water partition coefficient (Wildman–Crippen LogP) is 0.0187. The van der Waals surface area contributed by atoms with Gasteiger partial charge in [0.05, 0.1) is 0 Å². The average molecular weight is 251 g/mol. The smallest absolute Gasteiger partial charge is 0.274 e. The first-order valence-electron chi connectivity index (χ1n) is 5.88. The van der Waals surface area contributed by atoms with Crippen LogP contribution in [0.5, 0.6) is 0 Å². The number of hydrogen-bond acceptors (Lipinski definition) is 4. The van der Waals surface area contributed by atoms with Crippen molar-refractivity contribution >= 4 is 11.7 Å². The molecule has 0 saturated carbocycles. The van der Waals surface area contributed by atoms with Crippen molar-refractivity contribution in [3.8, 4) is 0 Å². The van der Waals surface area contributed by atoms with Crippen molar-refractivity contribution in [2.24, 2.45) is 23.9 Å². The van der Waals surface area contributed by atoms with E-state index >= 15 is 0 Å². The fourth-order valence-corrected chi connectivity index (χ4v) is 2.18. The van der Waals surface area contributed by atoms with Crippen molar-refractivity contribution in [1.29, 1.82) is 0 Å². The number of oxime groups is 1. The van der Waals surface area contributed by atoms with Gasteiger partial charge >= 0.3 is 0 Å². The molecule has 1 saturated heterocycles. The Balaban J connectivity index is 2.07. The van der Waals surface area contributed by atoms with Gasteiger partial charge in [0, 0.05) is 32.3 Å². The average Bonchev–Trinajstić information content (AvgIpc) is 2.83. The lowest BCUT2D eigenvalue weighted by Crippen LogP contribution is -2.44. The number of carbonyl (C=O) groups is 1. The van der Waals surface area contributed by atoms with E-state index in [4.69, 9.17) is 10.9 Å². The highest BCUT2D eigenvalue weighted by Crippen LogP contribution is 2.18. The first kappa shape index (κ1) is 12.4. The summed E-state index contributed by atoms with van der Waals surface area (Å²) in [6.07, 6.45) is 3.42. The second-order valence-electron chi connectivity index (χ2n) is 4.49. The highest BCUT2D eigenvalue weighted by atomic mass is 16.4. The van der Waals surface area contributed by atoms with E-state index in [0.29, 0.717) is 18.8 Å². The fraction of sp³-hybridized carbons (Fsp3) is 0.545. The Kier molecular flexibility index (Phi) is 3.50. The van der Waals surface area contributed by atoms with E-state index < -0.39 is 0 Å². The number of hydrogen-bond donors (Lipinski definition) is 2. The van der Waals surface area contributed by atoms with Gasteiger partial charge in [-0.05, 0) is 18.9 Å². The number of amidine groups is 1. The van der Waals surface area contributed by atoms with Crippen LogP contribution in [0.1, 0.15) is 23.3 Å². The third kappa shape index (κ3) is 2.44. The van der Waals surface area contributed by atoms with Gasteiger partial charge in [-0.2, -0.15) is 5.10 Å². The minimum Gasteiger partial charge on any atom is -0.409 e. The maximum absolute atomic E-state index is 12.2. The molecule has 2 rings (SSSR count). The van der Waals surface area contributed by atoms with E-state index in [1.807, 2.05) is 0 Å². The van der Waals surface area contributed by atoms with E-state index in [2.05, 4.69) is 10.3 Å². The molecule has 0 aromatic carbocycles. The molecular weight excluding hydrogens is 234 g/mol. The number of likely N-dealkylation sites (tertiary alicyclic amines) is 1. The summed E-state index contributed by atoms with van der Waals surface area (Å²) >= 11 is 0. The second kappa shape index (κ2) is 5.07. The van der Waals surface area contributed by atoms with Crippen LogP contribution in [0.15, 0.2) is 17.4 Å². The summed E-state index contributed by atoms with van der Waals surface area (Å²) in [4.78, 5) is 13.9. The van der Waals surface area contributed by atoms with Gasteiger partial charge in [-0.3, -0.25) is 9.48 Å². The number of amides is 1. The zero-order valence-corrected chi connectivity index (χ0v) is 10.3. The van der Waals surface area contributed by atoms with Gasteiger partial charge in [-0.15, -0.1) is 0 Å². The summed E-state index contributed by atoms with van der Waals surface area (Å²) in [5.41, 5.74) is 6.02. The molecule has 1 atom stereocenters. The molecule has 0 bridgehead atoms. The van der Waals surface area contributed by atoms with Crippen molar-refractivity contribution in [1.82, 2.24) is 14.7 Å². The number of carbonyl (C=O) groups excluding carboxylic acids is 1. The molecule has 0 aliphatic carbocycles. The van der Waals surface area contributed by atoms with Gasteiger partial charge in [0.25, 0.3) is 5.91 Å². The molecule has 1 aliphatic heterocycles. The summed E-state index contributed by atoms with van der Waals surface area (Å²) < 4.78 is 1.60. The molecule has 7 heteroatoms. The lowest BCUT2D eigenvalue weighted by atomic mass is 9.97. The monoisotopic (exact) mass is 251 g/mol. The van der Waals surface area contributed by atoms with E-state index in [9.17, 15) is 4.79 Å². The van der Waals surface area contributed by atoms with Crippen molar-refractivity contribution in [3.63, 3.8) is 0 Å². The maximum Gasteiger partial charge on any atom is 0.274 e. The Morgan fingerprint density at radius 2 is 2.44 bits per heavy atom. The van der Waals surface area contributed by atoms with E-state index in [1.54, 1.807) is 28.9 Å². The van der Waals surface area contributed by atoms with E-state index in [0.717, 1.165) is 12.8 Å². The van der Waals surface area contributed by atoms with Crippen molar-refractivity contribution < 1.29 is 10.0 Å². The Bertz CT molecular complexity index is 468. The van der Waals surface area contributed by atoms with Crippen LogP contribution in [0.3, 0.4) is 0 Å². The fourth-order valence-electron chi connectivity index (χ4n) is 2.18. The van der Waals surface area contributed by atoms with Crippen molar-refractivity contribution in [2.45, 2.75) is 12.8 Å². The summed E-state index contributed by atoms with van der Waals surface area (Å²) in [5, 5.41) is 15.8. The first-order valence-corrected chi connectivity index (χ1v) is 5.88. The van der Waals surface area contributed by atoms with E-state index in [-0.39, 0.29) is 17.7 Å². The molecule has 1 aromatic heterocycles. The van der Waals surface area contributed by atoms with Crippen LogP contribution in [-0.4, -0.2) is 44.7 Å². The van der Waals surface area contributed by atoms with Gasteiger partial charge in [-0.25, -0.2) is 0 Å². The maximum atomic E-state index is 12.2. The van der Waals surface area contributed by atoms with Gasteiger partial charge in [0.1, 0.15) is 11.5 Å². The minimum absolute atomic E-state index is 0.0728. The molecule has 1 amide bonds. The lowest BCUT2D eigenvalue weighted by molar-refractivity contribution is 0.0694. The molecule has 7 nitrogen and oxygen atoms in total. The molecule has 0 spiro atoms. The summed E-state index contributed by atoms with van der Waals surface area (Å²) in [5.74, 6) is 0.0102. The Hall–Kier alpha value is -2.05. The number of aryl methyl sites for hydroxylation is 1. The molecule has 18 heavy (non-hydrogen) atoms. The van der Waals surface area contributed by atoms with Gasteiger partial charge in [0.15, 0.2) is 0 Å². The minimum atomic E-state index is -0.106. The standard InChI is InChI=1S/C11H17N5O2/c1-15-6-4-9(13-15)11(17)16-5-2-3-8(7-16)10(12)14-18/h4,6,8,18H,2-3,5,7H2,1H3,(H2,12,14). The normalized spacial score (nSPS) is 21.1. The molecule has 2 heterocycles. The number of nitrogens with two attached hydrogens (primary N) is 1. The quantitative estimate of drug-likeness (QED) is 0.335. The number of aromatic nitrogens is 2. The predicted molar refractivity (Wildman–Crippen MR) is 65.2 cm³/mol. The molecule has 1 unspecified atom stereocenters. The molecule has 98 valence electrons. The number of piperidine rings is 1. The molecule has 1 fully saturated rings. The van der Waals surface area contributed by atoms with Crippen LogP contribution in [0.2, 0.25) is 0 Å². The highest BCUT2D eigenvalue weighted by Gasteiger charge is 2.27. The largest absolute Gasteiger partial charge is 0.409 e. The Morgan fingerprint density at radius 3 is 3.06 bits per heavy atom. The van der Waals surface area contributed by atoms with Gasteiger partial charge in [0.2, 0.25) is 0 Å². The van der Waals surface area contributed by atoms with E-state index in [1.165, 1.54) is 0 Å². The highest BCUT2D eigenvalue weighted by molar-refractivity contribution is 5.93. The van der Waals surface area contributed by atoms with Crippen LogP contribution in [-0.2, 0) is 7.05 Å². The van der Waals surface area contributed by atoms with Crippen molar-refractivity contribution in [2.75, 3.05) is 13.1 Å². The summed E-state index contributed by atoms with van der Waals surface area (Å²) in [7, 11) is 1.77. The third-order valence-corrected chi connectivity index (χ3v) is 3.18. The lowest BCUT2D eigenvalue weighted by Gasteiger charge is -2.31. The molecule has 1 aliphatic rings. The number of rotatable bonds is 2.